The monoisotopic (exact) mass is 233 g/mol. The Morgan fingerprint density at radius 3 is 2.71 bits per heavy atom. The molecule has 2 aliphatic heterocycles. The van der Waals surface area contributed by atoms with Gasteiger partial charge in [0.25, 0.3) is 0 Å². The Labute approximate surface area is 102 Å². The van der Waals surface area contributed by atoms with E-state index in [4.69, 9.17) is 9.47 Å². The van der Waals surface area contributed by atoms with E-state index in [-0.39, 0.29) is 0 Å². The van der Waals surface area contributed by atoms with Crippen molar-refractivity contribution in [3.63, 3.8) is 0 Å². The SMILES string of the molecule is c1cc2c(cc1C1CCCCN1)OCCCO2. The van der Waals surface area contributed by atoms with E-state index >= 15 is 0 Å². The largest absolute Gasteiger partial charge is 0.490 e. The van der Waals surface area contributed by atoms with Crippen LogP contribution in [0.1, 0.15) is 37.3 Å². The number of ether oxygens (including phenoxy) is 2. The van der Waals surface area contributed by atoms with Crippen LogP contribution < -0.4 is 14.8 Å². The minimum Gasteiger partial charge on any atom is -0.490 e. The molecule has 0 radical (unpaired) electrons. The summed E-state index contributed by atoms with van der Waals surface area (Å²) in [4.78, 5) is 0. The Balaban J connectivity index is 1.83. The van der Waals surface area contributed by atoms with E-state index < -0.39 is 0 Å². The first-order valence-corrected chi connectivity index (χ1v) is 6.56. The number of nitrogens with one attached hydrogen (secondary N) is 1. The van der Waals surface area contributed by atoms with Crippen LogP contribution in [0.25, 0.3) is 0 Å². The fourth-order valence-corrected chi connectivity index (χ4v) is 2.53. The first kappa shape index (κ1) is 10.9. The summed E-state index contributed by atoms with van der Waals surface area (Å²) in [5.74, 6) is 1.80. The summed E-state index contributed by atoms with van der Waals surface area (Å²) in [6.45, 7) is 2.64. The molecule has 3 heteroatoms. The molecule has 0 saturated carbocycles. The molecule has 2 heterocycles. The normalized spacial score (nSPS) is 24.1. The molecule has 3 rings (SSSR count). The van der Waals surface area contributed by atoms with E-state index in [1.54, 1.807) is 0 Å². The molecule has 1 N–H and O–H groups in total. The second-order valence-electron chi connectivity index (χ2n) is 4.76. The van der Waals surface area contributed by atoms with E-state index in [1.165, 1.54) is 24.8 Å². The highest BCUT2D eigenvalue weighted by atomic mass is 16.5. The predicted molar refractivity (Wildman–Crippen MR) is 66.6 cm³/mol. The number of rotatable bonds is 1. The summed E-state index contributed by atoms with van der Waals surface area (Å²) in [6, 6.07) is 6.84. The van der Waals surface area contributed by atoms with Crippen molar-refractivity contribution in [3.8, 4) is 11.5 Å². The number of hydrogen-bond acceptors (Lipinski definition) is 3. The first-order chi connectivity index (χ1) is 8.43. The fraction of sp³-hybridized carbons (Fsp3) is 0.571. The quantitative estimate of drug-likeness (QED) is 0.809. The Morgan fingerprint density at radius 1 is 1.00 bits per heavy atom. The second kappa shape index (κ2) is 4.96. The molecule has 0 bridgehead atoms. The van der Waals surface area contributed by atoms with E-state index in [1.807, 2.05) is 6.07 Å². The van der Waals surface area contributed by atoms with Gasteiger partial charge in [0.05, 0.1) is 13.2 Å². The minimum absolute atomic E-state index is 0.487. The van der Waals surface area contributed by atoms with Gasteiger partial charge >= 0.3 is 0 Å². The van der Waals surface area contributed by atoms with Crippen molar-refractivity contribution in [3.05, 3.63) is 23.8 Å². The lowest BCUT2D eigenvalue weighted by Gasteiger charge is -2.24. The van der Waals surface area contributed by atoms with E-state index in [0.29, 0.717) is 6.04 Å². The average molecular weight is 233 g/mol. The smallest absolute Gasteiger partial charge is 0.161 e. The molecule has 0 spiro atoms. The van der Waals surface area contributed by atoms with Gasteiger partial charge in [0.15, 0.2) is 11.5 Å². The Hall–Kier alpha value is -1.22. The van der Waals surface area contributed by atoms with Gasteiger partial charge in [0.2, 0.25) is 0 Å². The van der Waals surface area contributed by atoms with Crippen molar-refractivity contribution in [2.75, 3.05) is 19.8 Å². The molecule has 2 aliphatic rings. The Morgan fingerprint density at radius 2 is 1.88 bits per heavy atom. The molecule has 1 aromatic carbocycles. The number of piperidine rings is 1. The van der Waals surface area contributed by atoms with Gasteiger partial charge < -0.3 is 14.8 Å². The summed E-state index contributed by atoms with van der Waals surface area (Å²) in [6.07, 6.45) is 4.79. The summed E-state index contributed by atoms with van der Waals surface area (Å²) >= 11 is 0. The standard InChI is InChI=1S/C14H19NO2/c1-2-7-15-12(4-1)11-5-6-13-14(10-11)17-9-3-8-16-13/h5-6,10,12,15H,1-4,7-9H2. The van der Waals surface area contributed by atoms with Crippen LogP contribution in [0.5, 0.6) is 11.5 Å². The zero-order valence-electron chi connectivity index (χ0n) is 10.1. The van der Waals surface area contributed by atoms with Gasteiger partial charge in [0, 0.05) is 12.5 Å². The molecule has 3 nitrogen and oxygen atoms in total. The van der Waals surface area contributed by atoms with E-state index in [2.05, 4.69) is 17.4 Å². The van der Waals surface area contributed by atoms with Crippen LogP contribution in [-0.4, -0.2) is 19.8 Å². The van der Waals surface area contributed by atoms with Crippen molar-refractivity contribution >= 4 is 0 Å². The maximum Gasteiger partial charge on any atom is 0.161 e. The molecule has 17 heavy (non-hydrogen) atoms. The summed E-state index contributed by atoms with van der Waals surface area (Å²) in [7, 11) is 0. The number of fused-ring (bicyclic) bond motifs is 1. The highest BCUT2D eigenvalue weighted by Crippen LogP contribution is 2.34. The molecule has 1 unspecified atom stereocenters. The van der Waals surface area contributed by atoms with Gasteiger partial charge in [-0.25, -0.2) is 0 Å². The van der Waals surface area contributed by atoms with Crippen LogP contribution in [0.4, 0.5) is 0 Å². The molecule has 1 fully saturated rings. The predicted octanol–water partition coefficient (Wildman–Crippen LogP) is 2.66. The zero-order chi connectivity index (χ0) is 11.5. The third-order valence-electron chi connectivity index (χ3n) is 3.48. The molecule has 92 valence electrons. The topological polar surface area (TPSA) is 30.5 Å². The lowest BCUT2D eigenvalue weighted by atomic mass is 9.97. The molecular weight excluding hydrogens is 214 g/mol. The van der Waals surface area contributed by atoms with Gasteiger partial charge in [-0.15, -0.1) is 0 Å². The van der Waals surface area contributed by atoms with Crippen LogP contribution in [0.15, 0.2) is 18.2 Å². The van der Waals surface area contributed by atoms with Crippen LogP contribution >= 0.6 is 0 Å². The van der Waals surface area contributed by atoms with Gasteiger partial charge in [-0.1, -0.05) is 12.5 Å². The minimum atomic E-state index is 0.487. The molecule has 1 saturated heterocycles. The summed E-state index contributed by atoms with van der Waals surface area (Å²) in [5, 5.41) is 3.56. The van der Waals surface area contributed by atoms with E-state index in [9.17, 15) is 0 Å². The van der Waals surface area contributed by atoms with Crippen LogP contribution in [0.2, 0.25) is 0 Å². The van der Waals surface area contributed by atoms with Crippen LogP contribution in [0, 0.1) is 0 Å². The van der Waals surface area contributed by atoms with Gasteiger partial charge in [-0.2, -0.15) is 0 Å². The maximum absolute atomic E-state index is 5.73. The van der Waals surface area contributed by atoms with Crippen LogP contribution in [-0.2, 0) is 0 Å². The highest BCUT2D eigenvalue weighted by molar-refractivity contribution is 5.44. The van der Waals surface area contributed by atoms with Crippen molar-refractivity contribution in [2.45, 2.75) is 31.7 Å². The lowest BCUT2D eigenvalue weighted by Crippen LogP contribution is -2.26. The van der Waals surface area contributed by atoms with Crippen molar-refractivity contribution in [1.29, 1.82) is 0 Å². The molecule has 1 atom stereocenters. The molecular formula is C14H19NO2. The number of hydrogen-bond donors (Lipinski definition) is 1. The van der Waals surface area contributed by atoms with Gasteiger partial charge in [-0.05, 0) is 37.1 Å². The lowest BCUT2D eigenvalue weighted by molar-refractivity contribution is 0.296. The zero-order valence-corrected chi connectivity index (χ0v) is 10.1. The van der Waals surface area contributed by atoms with E-state index in [0.717, 1.165) is 37.7 Å². The van der Waals surface area contributed by atoms with Gasteiger partial charge in [0.1, 0.15) is 0 Å². The maximum atomic E-state index is 5.73. The van der Waals surface area contributed by atoms with Crippen molar-refractivity contribution in [2.24, 2.45) is 0 Å². The fourth-order valence-electron chi connectivity index (χ4n) is 2.53. The van der Waals surface area contributed by atoms with Crippen molar-refractivity contribution < 1.29 is 9.47 Å². The highest BCUT2D eigenvalue weighted by Gasteiger charge is 2.17. The molecule has 0 aromatic heterocycles. The first-order valence-electron chi connectivity index (χ1n) is 6.56. The molecule has 1 aromatic rings. The Bertz CT molecular complexity index is 386. The second-order valence-corrected chi connectivity index (χ2v) is 4.76. The average Bonchev–Trinajstić information content (AvgIpc) is 2.64. The molecule has 0 amide bonds. The third-order valence-corrected chi connectivity index (χ3v) is 3.48. The van der Waals surface area contributed by atoms with Gasteiger partial charge in [-0.3, -0.25) is 0 Å². The third kappa shape index (κ3) is 2.39. The van der Waals surface area contributed by atoms with Crippen molar-refractivity contribution in [1.82, 2.24) is 5.32 Å². The number of benzene rings is 1. The molecule has 0 aliphatic carbocycles. The summed E-state index contributed by atoms with van der Waals surface area (Å²) in [5.41, 5.74) is 1.33. The Kier molecular flexibility index (Phi) is 3.18. The van der Waals surface area contributed by atoms with Crippen LogP contribution in [0.3, 0.4) is 0 Å². The summed E-state index contributed by atoms with van der Waals surface area (Å²) < 4.78 is 11.4.